The van der Waals surface area contributed by atoms with Gasteiger partial charge in [0.1, 0.15) is 17.6 Å². The van der Waals surface area contributed by atoms with E-state index in [2.05, 4.69) is 0 Å². The van der Waals surface area contributed by atoms with Crippen LogP contribution in [0.4, 0.5) is 0 Å². The monoisotopic (exact) mass is 320 g/mol. The van der Waals surface area contributed by atoms with Crippen LogP contribution < -0.4 is 10.2 Å². The Hall–Kier alpha value is -2.55. The molecule has 3 nitrogen and oxygen atoms in total. The Morgan fingerprint density at radius 1 is 0.958 bits per heavy atom. The van der Waals surface area contributed by atoms with E-state index in [1.54, 1.807) is 6.26 Å². The average Bonchev–Trinajstić information content (AvgIpc) is 2.64. The molecule has 0 spiro atoms. The average molecular weight is 320 g/mol. The molecule has 1 aliphatic rings. The molecule has 0 radical (unpaired) electrons. The van der Waals surface area contributed by atoms with Gasteiger partial charge in [-0.2, -0.15) is 0 Å². The van der Waals surface area contributed by atoms with Crippen LogP contribution in [0.3, 0.4) is 0 Å². The molecule has 0 atom stereocenters. The van der Waals surface area contributed by atoms with Gasteiger partial charge >= 0.3 is 0 Å². The lowest BCUT2D eigenvalue weighted by Gasteiger charge is -2.23. The number of hydrogen-bond donors (Lipinski definition) is 0. The van der Waals surface area contributed by atoms with E-state index in [9.17, 15) is 4.79 Å². The van der Waals surface area contributed by atoms with E-state index in [0.29, 0.717) is 16.5 Å². The Labute approximate surface area is 140 Å². The maximum Gasteiger partial charge on any atom is 0.200 e. The third-order valence-corrected chi connectivity index (χ3v) is 4.69. The molecule has 1 aromatic heterocycles. The summed E-state index contributed by atoms with van der Waals surface area (Å²) in [4.78, 5) is 12.7. The minimum absolute atomic E-state index is 0.00772. The number of hydrogen-bond acceptors (Lipinski definition) is 3. The van der Waals surface area contributed by atoms with Crippen molar-refractivity contribution >= 4 is 11.0 Å². The van der Waals surface area contributed by atoms with Crippen LogP contribution in [-0.4, -0.2) is 6.10 Å². The van der Waals surface area contributed by atoms with Gasteiger partial charge in [-0.1, -0.05) is 36.8 Å². The van der Waals surface area contributed by atoms with Crippen LogP contribution in [-0.2, 0) is 0 Å². The molecule has 0 saturated heterocycles. The highest BCUT2D eigenvalue weighted by Crippen LogP contribution is 2.26. The van der Waals surface area contributed by atoms with E-state index in [-0.39, 0.29) is 11.5 Å². The van der Waals surface area contributed by atoms with E-state index in [4.69, 9.17) is 9.15 Å². The third kappa shape index (κ3) is 2.94. The second-order valence-electron chi connectivity index (χ2n) is 6.38. The molecule has 1 heterocycles. The third-order valence-electron chi connectivity index (χ3n) is 4.69. The maximum atomic E-state index is 12.7. The second kappa shape index (κ2) is 6.52. The molecular weight excluding hydrogens is 300 g/mol. The van der Waals surface area contributed by atoms with E-state index < -0.39 is 0 Å². The van der Waals surface area contributed by atoms with Crippen LogP contribution in [0.15, 0.2) is 64.0 Å². The van der Waals surface area contributed by atoms with Gasteiger partial charge in [-0.25, -0.2) is 0 Å². The summed E-state index contributed by atoms with van der Waals surface area (Å²) in [7, 11) is 0. The summed E-state index contributed by atoms with van der Waals surface area (Å²) in [6, 6.07) is 15.1. The van der Waals surface area contributed by atoms with Gasteiger partial charge in [-0.05, 0) is 43.4 Å². The van der Waals surface area contributed by atoms with E-state index >= 15 is 0 Å². The lowest BCUT2D eigenvalue weighted by molar-refractivity contribution is 0.155. The summed E-state index contributed by atoms with van der Waals surface area (Å²) in [5.74, 6) is 0.782. The highest BCUT2D eigenvalue weighted by atomic mass is 16.5. The van der Waals surface area contributed by atoms with E-state index in [1.807, 2.05) is 48.5 Å². The first-order valence-electron chi connectivity index (χ1n) is 8.59. The van der Waals surface area contributed by atoms with E-state index in [0.717, 1.165) is 24.2 Å². The zero-order chi connectivity index (χ0) is 16.4. The Morgan fingerprint density at radius 2 is 1.75 bits per heavy atom. The number of fused-ring (bicyclic) bond motifs is 1. The Kier molecular flexibility index (Phi) is 4.08. The lowest BCUT2D eigenvalue weighted by Crippen LogP contribution is -2.19. The second-order valence-corrected chi connectivity index (χ2v) is 6.38. The molecule has 1 aliphatic carbocycles. The predicted octanol–water partition coefficient (Wildman–Crippen LogP) is 5.17. The van der Waals surface area contributed by atoms with Gasteiger partial charge < -0.3 is 9.15 Å². The van der Waals surface area contributed by atoms with Gasteiger partial charge in [0.15, 0.2) is 5.43 Å². The van der Waals surface area contributed by atoms with Crippen molar-refractivity contribution in [2.75, 3.05) is 0 Å². The minimum atomic E-state index is -0.00772. The first kappa shape index (κ1) is 15.0. The van der Waals surface area contributed by atoms with Gasteiger partial charge in [0.25, 0.3) is 0 Å². The number of rotatable bonds is 3. The normalized spacial score (nSPS) is 15.5. The predicted molar refractivity (Wildman–Crippen MR) is 95.4 cm³/mol. The van der Waals surface area contributed by atoms with Crippen LogP contribution in [0.5, 0.6) is 5.75 Å². The molecule has 122 valence electrons. The van der Waals surface area contributed by atoms with Gasteiger partial charge in [-0.15, -0.1) is 0 Å². The zero-order valence-corrected chi connectivity index (χ0v) is 13.5. The summed E-state index contributed by atoms with van der Waals surface area (Å²) >= 11 is 0. The molecule has 0 unspecified atom stereocenters. The zero-order valence-electron chi connectivity index (χ0n) is 13.5. The summed E-state index contributed by atoms with van der Waals surface area (Å²) < 4.78 is 11.8. The number of ether oxygens (including phenoxy) is 1. The van der Waals surface area contributed by atoms with Crippen molar-refractivity contribution in [3.8, 4) is 16.9 Å². The van der Waals surface area contributed by atoms with Gasteiger partial charge in [0.05, 0.1) is 17.1 Å². The molecule has 24 heavy (non-hydrogen) atoms. The highest BCUT2D eigenvalue weighted by Gasteiger charge is 2.16. The molecule has 0 aliphatic heterocycles. The first-order valence-corrected chi connectivity index (χ1v) is 8.59. The first-order chi connectivity index (χ1) is 11.8. The molecule has 0 amide bonds. The van der Waals surface area contributed by atoms with Crippen molar-refractivity contribution in [3.63, 3.8) is 0 Å². The molecular formula is C21H20O3. The Bertz CT molecular complexity index is 890. The van der Waals surface area contributed by atoms with Crippen LogP contribution in [0, 0.1) is 0 Å². The van der Waals surface area contributed by atoms with Crippen LogP contribution >= 0.6 is 0 Å². The molecule has 0 N–H and O–H groups in total. The van der Waals surface area contributed by atoms with Gasteiger partial charge in [0.2, 0.25) is 0 Å². The molecule has 1 saturated carbocycles. The van der Waals surface area contributed by atoms with Crippen molar-refractivity contribution in [2.24, 2.45) is 0 Å². The van der Waals surface area contributed by atoms with Crippen LogP contribution in [0.2, 0.25) is 0 Å². The molecule has 1 fully saturated rings. The molecule has 3 heteroatoms. The van der Waals surface area contributed by atoms with Crippen molar-refractivity contribution in [1.29, 1.82) is 0 Å². The minimum Gasteiger partial charge on any atom is -0.490 e. The van der Waals surface area contributed by atoms with Crippen LogP contribution in [0.25, 0.3) is 22.1 Å². The fourth-order valence-electron chi connectivity index (χ4n) is 3.37. The molecule has 2 aromatic carbocycles. The van der Waals surface area contributed by atoms with Crippen molar-refractivity contribution < 1.29 is 9.15 Å². The van der Waals surface area contributed by atoms with E-state index in [1.165, 1.54) is 19.3 Å². The van der Waals surface area contributed by atoms with Crippen LogP contribution in [0.1, 0.15) is 32.1 Å². The molecule has 0 bridgehead atoms. The van der Waals surface area contributed by atoms with Crippen molar-refractivity contribution in [1.82, 2.24) is 0 Å². The number of benzene rings is 2. The SMILES string of the molecule is O=c1c(-c2ccccc2)coc2cc(OC3CCCCC3)ccc12. The topological polar surface area (TPSA) is 39.4 Å². The molecule has 4 rings (SSSR count). The highest BCUT2D eigenvalue weighted by molar-refractivity contribution is 5.82. The summed E-state index contributed by atoms with van der Waals surface area (Å²) in [6.07, 6.45) is 7.80. The quantitative estimate of drug-likeness (QED) is 0.668. The summed E-state index contributed by atoms with van der Waals surface area (Å²) in [6.45, 7) is 0. The van der Waals surface area contributed by atoms with Gasteiger partial charge in [0, 0.05) is 6.07 Å². The van der Waals surface area contributed by atoms with Gasteiger partial charge in [-0.3, -0.25) is 4.79 Å². The largest absolute Gasteiger partial charge is 0.490 e. The van der Waals surface area contributed by atoms with Crippen molar-refractivity contribution in [2.45, 2.75) is 38.2 Å². The lowest BCUT2D eigenvalue weighted by atomic mass is 9.98. The fraction of sp³-hybridized carbons (Fsp3) is 0.286. The summed E-state index contributed by atoms with van der Waals surface area (Å²) in [5.41, 5.74) is 2.03. The standard InChI is InChI=1S/C21H20O3/c22-21-18-12-11-17(24-16-9-5-2-6-10-16)13-20(18)23-14-19(21)15-7-3-1-4-8-15/h1,3-4,7-8,11-14,16H,2,5-6,9-10H2. The Morgan fingerprint density at radius 3 is 2.54 bits per heavy atom. The molecule has 3 aromatic rings. The smallest absolute Gasteiger partial charge is 0.200 e. The maximum absolute atomic E-state index is 12.7. The van der Waals surface area contributed by atoms with Crippen molar-refractivity contribution in [3.05, 3.63) is 65.0 Å². The fourth-order valence-corrected chi connectivity index (χ4v) is 3.37. The summed E-state index contributed by atoms with van der Waals surface area (Å²) in [5, 5.41) is 0.590. The Balaban J connectivity index is 1.67.